The van der Waals surface area contributed by atoms with Crippen molar-refractivity contribution in [2.75, 3.05) is 20.8 Å². The van der Waals surface area contributed by atoms with E-state index in [2.05, 4.69) is 5.32 Å². The van der Waals surface area contributed by atoms with Gasteiger partial charge in [-0.1, -0.05) is 6.07 Å². The van der Waals surface area contributed by atoms with E-state index in [9.17, 15) is 0 Å². The van der Waals surface area contributed by atoms with Crippen LogP contribution in [-0.4, -0.2) is 27.0 Å². The van der Waals surface area contributed by atoms with Crippen LogP contribution in [-0.2, 0) is 6.54 Å². The molecule has 4 heteroatoms. The van der Waals surface area contributed by atoms with Gasteiger partial charge < -0.3 is 20.2 Å². The molecular formula is C13H20N2O2. The molecule has 0 heterocycles. The van der Waals surface area contributed by atoms with E-state index < -0.39 is 0 Å². The first-order chi connectivity index (χ1) is 8.31. The van der Waals surface area contributed by atoms with Crippen LogP contribution in [0.1, 0.15) is 18.4 Å². The Labute approximate surface area is 102 Å². The van der Waals surface area contributed by atoms with Crippen LogP contribution < -0.4 is 14.8 Å². The van der Waals surface area contributed by atoms with Crippen molar-refractivity contribution >= 4 is 6.21 Å². The molecule has 0 aliphatic heterocycles. The minimum atomic E-state index is 0.769. The Bertz CT molecular complexity index is 353. The maximum atomic E-state index is 6.92. The van der Waals surface area contributed by atoms with Crippen LogP contribution in [0.2, 0.25) is 0 Å². The lowest BCUT2D eigenvalue weighted by Crippen LogP contribution is -2.15. The summed E-state index contributed by atoms with van der Waals surface area (Å²) in [6.07, 6.45) is 3.25. The number of nitrogens with one attached hydrogen (secondary N) is 2. The first-order valence-corrected chi connectivity index (χ1v) is 5.72. The standard InChI is InChI=1S/C13H20N2O2/c1-16-12-6-5-11(13(9-12)17-2)10-15-8-4-3-7-14/h5-7,9,14-15H,3-4,8,10H2,1-2H3. The first kappa shape index (κ1) is 13.5. The summed E-state index contributed by atoms with van der Waals surface area (Å²) in [7, 11) is 3.30. The highest BCUT2D eigenvalue weighted by molar-refractivity contribution is 5.52. The number of unbranched alkanes of at least 4 members (excludes halogenated alkanes) is 1. The summed E-state index contributed by atoms with van der Waals surface area (Å²) in [6, 6.07) is 5.81. The largest absolute Gasteiger partial charge is 0.497 e. The van der Waals surface area contributed by atoms with Gasteiger partial charge in [0.05, 0.1) is 14.2 Å². The van der Waals surface area contributed by atoms with Gasteiger partial charge in [0.15, 0.2) is 0 Å². The summed E-state index contributed by atoms with van der Waals surface area (Å²) in [4.78, 5) is 0. The molecule has 0 saturated heterocycles. The molecule has 0 fully saturated rings. The van der Waals surface area contributed by atoms with Gasteiger partial charge in [-0.3, -0.25) is 0 Å². The van der Waals surface area contributed by atoms with E-state index in [0.717, 1.165) is 43.0 Å². The molecule has 0 atom stereocenters. The normalized spacial score (nSPS) is 10.0. The fraction of sp³-hybridized carbons (Fsp3) is 0.462. The molecule has 4 nitrogen and oxygen atoms in total. The average Bonchev–Trinajstić information content (AvgIpc) is 2.38. The van der Waals surface area contributed by atoms with E-state index in [1.807, 2.05) is 18.2 Å². The SMILES string of the molecule is COc1ccc(CNCCCC=N)c(OC)c1. The average molecular weight is 236 g/mol. The van der Waals surface area contributed by atoms with E-state index >= 15 is 0 Å². The zero-order valence-electron chi connectivity index (χ0n) is 10.5. The number of ether oxygens (including phenoxy) is 2. The summed E-state index contributed by atoms with van der Waals surface area (Å²) >= 11 is 0. The molecule has 0 amide bonds. The van der Waals surface area contributed by atoms with Crippen molar-refractivity contribution in [2.24, 2.45) is 0 Å². The predicted octanol–water partition coefficient (Wildman–Crippen LogP) is 2.22. The first-order valence-electron chi connectivity index (χ1n) is 5.72. The van der Waals surface area contributed by atoms with Gasteiger partial charge in [-0.05, 0) is 31.7 Å². The molecule has 0 aromatic heterocycles. The number of hydrogen-bond acceptors (Lipinski definition) is 4. The van der Waals surface area contributed by atoms with Gasteiger partial charge in [0.25, 0.3) is 0 Å². The van der Waals surface area contributed by atoms with Gasteiger partial charge in [-0.15, -0.1) is 0 Å². The van der Waals surface area contributed by atoms with E-state index in [1.165, 1.54) is 6.21 Å². The van der Waals surface area contributed by atoms with Crippen molar-refractivity contribution in [1.82, 2.24) is 5.32 Å². The molecule has 0 radical (unpaired) electrons. The van der Waals surface area contributed by atoms with Gasteiger partial charge in [-0.2, -0.15) is 0 Å². The number of hydrogen-bond donors (Lipinski definition) is 2. The van der Waals surface area contributed by atoms with Crippen molar-refractivity contribution in [2.45, 2.75) is 19.4 Å². The van der Waals surface area contributed by atoms with Gasteiger partial charge in [-0.25, -0.2) is 0 Å². The zero-order valence-corrected chi connectivity index (χ0v) is 10.5. The van der Waals surface area contributed by atoms with Crippen molar-refractivity contribution in [1.29, 1.82) is 5.41 Å². The molecular weight excluding hydrogens is 216 g/mol. The molecule has 0 spiro atoms. The third-order valence-electron chi connectivity index (χ3n) is 2.51. The highest BCUT2D eigenvalue weighted by Crippen LogP contribution is 2.24. The minimum absolute atomic E-state index is 0.769. The van der Waals surface area contributed by atoms with Crippen LogP contribution in [0, 0.1) is 5.41 Å². The van der Waals surface area contributed by atoms with Gasteiger partial charge in [0.2, 0.25) is 0 Å². The Morgan fingerprint density at radius 3 is 2.76 bits per heavy atom. The van der Waals surface area contributed by atoms with Gasteiger partial charge >= 0.3 is 0 Å². The molecule has 1 aromatic rings. The molecule has 0 aliphatic carbocycles. The summed E-state index contributed by atoms with van der Waals surface area (Å²) in [5.41, 5.74) is 1.11. The Kier molecular flexibility index (Phi) is 6.10. The van der Waals surface area contributed by atoms with Crippen molar-refractivity contribution in [3.05, 3.63) is 23.8 Å². The van der Waals surface area contributed by atoms with Crippen LogP contribution in [0.25, 0.3) is 0 Å². The summed E-state index contributed by atoms with van der Waals surface area (Å²) in [5, 5.41) is 10.2. The lowest BCUT2D eigenvalue weighted by atomic mass is 10.2. The highest BCUT2D eigenvalue weighted by Gasteiger charge is 2.04. The Balaban J connectivity index is 2.49. The summed E-state index contributed by atoms with van der Waals surface area (Å²) in [5.74, 6) is 1.64. The van der Waals surface area contributed by atoms with Crippen molar-refractivity contribution in [3.8, 4) is 11.5 Å². The van der Waals surface area contributed by atoms with Crippen LogP contribution in [0.5, 0.6) is 11.5 Å². The Morgan fingerprint density at radius 1 is 1.29 bits per heavy atom. The molecule has 17 heavy (non-hydrogen) atoms. The number of benzene rings is 1. The predicted molar refractivity (Wildman–Crippen MR) is 69.3 cm³/mol. The molecule has 0 bridgehead atoms. The molecule has 94 valence electrons. The number of rotatable bonds is 8. The third kappa shape index (κ3) is 4.44. The molecule has 0 aliphatic rings. The quantitative estimate of drug-likeness (QED) is 0.537. The minimum Gasteiger partial charge on any atom is -0.497 e. The van der Waals surface area contributed by atoms with E-state index in [4.69, 9.17) is 14.9 Å². The second-order valence-electron chi connectivity index (χ2n) is 3.70. The van der Waals surface area contributed by atoms with E-state index in [-0.39, 0.29) is 0 Å². The topological polar surface area (TPSA) is 54.3 Å². The molecule has 1 aromatic carbocycles. The maximum absolute atomic E-state index is 6.92. The van der Waals surface area contributed by atoms with E-state index in [0.29, 0.717) is 0 Å². The third-order valence-corrected chi connectivity index (χ3v) is 2.51. The second kappa shape index (κ2) is 7.68. The fourth-order valence-corrected chi connectivity index (χ4v) is 1.55. The van der Waals surface area contributed by atoms with Crippen LogP contribution in [0.3, 0.4) is 0 Å². The smallest absolute Gasteiger partial charge is 0.127 e. The van der Waals surface area contributed by atoms with Crippen LogP contribution in [0.4, 0.5) is 0 Å². The number of methoxy groups -OCH3 is 2. The Morgan fingerprint density at radius 2 is 2.12 bits per heavy atom. The maximum Gasteiger partial charge on any atom is 0.127 e. The summed E-state index contributed by atoms with van der Waals surface area (Å²) in [6.45, 7) is 1.68. The second-order valence-corrected chi connectivity index (χ2v) is 3.70. The Hall–Kier alpha value is -1.55. The monoisotopic (exact) mass is 236 g/mol. The summed E-state index contributed by atoms with van der Waals surface area (Å²) < 4.78 is 10.5. The van der Waals surface area contributed by atoms with Gasteiger partial charge in [0.1, 0.15) is 11.5 Å². The fourth-order valence-electron chi connectivity index (χ4n) is 1.55. The zero-order chi connectivity index (χ0) is 12.5. The molecule has 2 N–H and O–H groups in total. The lowest BCUT2D eigenvalue weighted by molar-refractivity contribution is 0.390. The van der Waals surface area contributed by atoms with E-state index in [1.54, 1.807) is 14.2 Å². The lowest BCUT2D eigenvalue weighted by Gasteiger charge is -2.11. The van der Waals surface area contributed by atoms with Crippen molar-refractivity contribution < 1.29 is 9.47 Å². The molecule has 0 unspecified atom stereocenters. The van der Waals surface area contributed by atoms with Crippen LogP contribution >= 0.6 is 0 Å². The molecule has 1 rings (SSSR count). The molecule has 0 saturated carbocycles. The van der Waals surface area contributed by atoms with Crippen LogP contribution in [0.15, 0.2) is 18.2 Å². The van der Waals surface area contributed by atoms with Gasteiger partial charge in [0, 0.05) is 18.2 Å². The highest BCUT2D eigenvalue weighted by atomic mass is 16.5. The van der Waals surface area contributed by atoms with Crippen molar-refractivity contribution in [3.63, 3.8) is 0 Å².